The summed E-state index contributed by atoms with van der Waals surface area (Å²) < 4.78 is 0. The van der Waals surface area contributed by atoms with Crippen LogP contribution in [0.2, 0.25) is 5.02 Å². The maximum atomic E-state index is 12.1. The van der Waals surface area contributed by atoms with E-state index in [0.717, 1.165) is 12.8 Å². The first kappa shape index (κ1) is 18.1. The molecule has 24 heavy (non-hydrogen) atoms. The first-order valence-corrected chi connectivity index (χ1v) is 8.10. The van der Waals surface area contributed by atoms with Crippen LogP contribution in [0, 0.1) is 0 Å². The average molecular weight is 353 g/mol. The van der Waals surface area contributed by atoms with Crippen LogP contribution in [0.1, 0.15) is 29.6 Å². The first-order chi connectivity index (χ1) is 11.4. The Morgan fingerprint density at radius 2 is 1.96 bits per heavy atom. The zero-order chi connectivity index (χ0) is 17.7. The van der Waals surface area contributed by atoms with Crippen LogP contribution in [-0.4, -0.2) is 49.4 Å². The molecule has 0 saturated heterocycles. The maximum absolute atomic E-state index is 12.1. The fraction of sp³-hybridized carbons (Fsp3) is 0.438. The molecular weight excluding hydrogens is 332 g/mol. The normalized spacial score (nSPS) is 13.1. The number of carbonyl (C=O) groups excluding carboxylic acids is 3. The molecule has 1 aliphatic carbocycles. The standard InChI is InChI=1S/C16H21ClN4O3/c1-21(2)14(22)7-8-18-16(24)20-11-5-6-13(17)12(9-11)15(23)19-10-3-4-10/h5-6,9-10H,3-4,7-8H2,1-2H3,(H,19,23)(H2,18,20,24). The first-order valence-electron chi connectivity index (χ1n) is 7.72. The summed E-state index contributed by atoms with van der Waals surface area (Å²) in [5.41, 5.74) is 0.779. The predicted octanol–water partition coefficient (Wildman–Crippen LogP) is 1.83. The van der Waals surface area contributed by atoms with Crippen molar-refractivity contribution in [2.75, 3.05) is 26.0 Å². The molecule has 3 N–H and O–H groups in total. The van der Waals surface area contributed by atoms with Gasteiger partial charge in [-0.05, 0) is 31.0 Å². The highest BCUT2D eigenvalue weighted by molar-refractivity contribution is 6.34. The van der Waals surface area contributed by atoms with Crippen molar-refractivity contribution < 1.29 is 14.4 Å². The molecule has 1 aromatic carbocycles. The van der Waals surface area contributed by atoms with Crippen molar-refractivity contribution >= 4 is 35.1 Å². The van der Waals surface area contributed by atoms with E-state index >= 15 is 0 Å². The van der Waals surface area contributed by atoms with Crippen LogP contribution in [-0.2, 0) is 4.79 Å². The van der Waals surface area contributed by atoms with Gasteiger partial charge in [-0.15, -0.1) is 0 Å². The molecule has 1 saturated carbocycles. The third kappa shape index (κ3) is 5.42. The van der Waals surface area contributed by atoms with Crippen molar-refractivity contribution in [1.29, 1.82) is 0 Å². The summed E-state index contributed by atoms with van der Waals surface area (Å²) in [6.45, 7) is 0.228. The van der Waals surface area contributed by atoms with Crippen molar-refractivity contribution in [3.8, 4) is 0 Å². The molecule has 1 aliphatic rings. The number of rotatable bonds is 6. The molecule has 2 rings (SSSR count). The molecule has 1 aromatic rings. The lowest BCUT2D eigenvalue weighted by Crippen LogP contribution is -2.33. The summed E-state index contributed by atoms with van der Waals surface area (Å²) in [5, 5.41) is 8.40. The molecule has 0 aliphatic heterocycles. The Balaban J connectivity index is 1.88. The van der Waals surface area contributed by atoms with Crippen LogP contribution in [0.4, 0.5) is 10.5 Å². The highest BCUT2D eigenvalue weighted by Gasteiger charge is 2.24. The number of carbonyl (C=O) groups is 3. The Kier molecular flexibility index (Phi) is 6.03. The average Bonchev–Trinajstić information content (AvgIpc) is 3.32. The summed E-state index contributed by atoms with van der Waals surface area (Å²) >= 11 is 6.05. The summed E-state index contributed by atoms with van der Waals surface area (Å²) in [5.74, 6) is -0.316. The molecule has 0 heterocycles. The Labute approximate surface area is 145 Å². The van der Waals surface area contributed by atoms with Gasteiger partial charge in [-0.3, -0.25) is 9.59 Å². The fourth-order valence-electron chi connectivity index (χ4n) is 1.95. The van der Waals surface area contributed by atoms with Gasteiger partial charge in [0, 0.05) is 38.8 Å². The minimum absolute atomic E-state index is 0.0687. The number of benzene rings is 1. The molecule has 4 amide bonds. The second kappa shape index (κ2) is 8.01. The number of nitrogens with zero attached hydrogens (tertiary/aromatic N) is 1. The van der Waals surface area contributed by atoms with Gasteiger partial charge in [0.25, 0.3) is 5.91 Å². The predicted molar refractivity (Wildman–Crippen MR) is 92.3 cm³/mol. The van der Waals surface area contributed by atoms with E-state index in [9.17, 15) is 14.4 Å². The second-order valence-electron chi connectivity index (χ2n) is 5.86. The van der Waals surface area contributed by atoms with Gasteiger partial charge in [-0.1, -0.05) is 11.6 Å². The van der Waals surface area contributed by atoms with E-state index in [1.807, 2.05) is 0 Å². The van der Waals surface area contributed by atoms with Gasteiger partial charge >= 0.3 is 6.03 Å². The number of anilines is 1. The molecular formula is C16H21ClN4O3. The van der Waals surface area contributed by atoms with Crippen molar-refractivity contribution in [3.63, 3.8) is 0 Å². The number of urea groups is 1. The molecule has 8 heteroatoms. The van der Waals surface area contributed by atoms with E-state index in [1.165, 1.54) is 11.0 Å². The number of nitrogens with one attached hydrogen (secondary N) is 3. The van der Waals surface area contributed by atoms with E-state index in [1.54, 1.807) is 26.2 Å². The third-order valence-corrected chi connectivity index (χ3v) is 3.83. The molecule has 0 aromatic heterocycles. The van der Waals surface area contributed by atoms with Gasteiger partial charge < -0.3 is 20.9 Å². The topological polar surface area (TPSA) is 90.5 Å². The van der Waals surface area contributed by atoms with E-state index in [0.29, 0.717) is 16.3 Å². The lowest BCUT2D eigenvalue weighted by molar-refractivity contribution is -0.128. The van der Waals surface area contributed by atoms with Crippen LogP contribution in [0.5, 0.6) is 0 Å². The Hall–Kier alpha value is -2.28. The lowest BCUT2D eigenvalue weighted by atomic mass is 10.2. The molecule has 0 unspecified atom stereocenters. The summed E-state index contributed by atoms with van der Waals surface area (Å²) in [6.07, 6.45) is 2.18. The monoisotopic (exact) mass is 352 g/mol. The Morgan fingerprint density at radius 1 is 1.25 bits per heavy atom. The number of amides is 4. The van der Waals surface area contributed by atoms with Crippen LogP contribution in [0.3, 0.4) is 0 Å². The molecule has 1 fully saturated rings. The lowest BCUT2D eigenvalue weighted by Gasteiger charge is -2.12. The minimum atomic E-state index is -0.447. The number of halogens is 1. The number of hydrogen-bond donors (Lipinski definition) is 3. The molecule has 0 atom stereocenters. The van der Waals surface area contributed by atoms with Crippen LogP contribution in [0.15, 0.2) is 18.2 Å². The van der Waals surface area contributed by atoms with Crippen LogP contribution in [0.25, 0.3) is 0 Å². The Bertz CT molecular complexity index is 644. The molecule has 130 valence electrons. The molecule has 0 radical (unpaired) electrons. The van der Waals surface area contributed by atoms with Gasteiger partial charge in [0.05, 0.1) is 10.6 Å². The largest absolute Gasteiger partial charge is 0.349 e. The Morgan fingerprint density at radius 3 is 2.58 bits per heavy atom. The highest BCUT2D eigenvalue weighted by Crippen LogP contribution is 2.23. The smallest absolute Gasteiger partial charge is 0.319 e. The van der Waals surface area contributed by atoms with Gasteiger partial charge in [0.15, 0.2) is 0 Å². The SMILES string of the molecule is CN(C)C(=O)CCNC(=O)Nc1ccc(Cl)c(C(=O)NC2CC2)c1. The van der Waals surface area contributed by atoms with Gasteiger partial charge in [0.2, 0.25) is 5.91 Å². The van der Waals surface area contributed by atoms with Crippen molar-refractivity contribution in [1.82, 2.24) is 15.5 Å². The van der Waals surface area contributed by atoms with Gasteiger partial charge in [-0.2, -0.15) is 0 Å². The zero-order valence-electron chi connectivity index (χ0n) is 13.7. The van der Waals surface area contributed by atoms with E-state index in [4.69, 9.17) is 11.6 Å². The third-order valence-electron chi connectivity index (χ3n) is 3.50. The minimum Gasteiger partial charge on any atom is -0.349 e. The molecule has 0 spiro atoms. The quantitative estimate of drug-likeness (QED) is 0.729. The number of hydrogen-bond acceptors (Lipinski definition) is 3. The van der Waals surface area contributed by atoms with E-state index in [2.05, 4.69) is 16.0 Å². The van der Waals surface area contributed by atoms with Crippen LogP contribution < -0.4 is 16.0 Å². The summed E-state index contributed by atoms with van der Waals surface area (Å²) in [4.78, 5) is 36.8. The second-order valence-corrected chi connectivity index (χ2v) is 6.27. The molecule has 7 nitrogen and oxygen atoms in total. The van der Waals surface area contributed by atoms with E-state index < -0.39 is 6.03 Å². The van der Waals surface area contributed by atoms with Crippen molar-refractivity contribution in [3.05, 3.63) is 28.8 Å². The maximum Gasteiger partial charge on any atom is 0.319 e. The van der Waals surface area contributed by atoms with Crippen molar-refractivity contribution in [2.45, 2.75) is 25.3 Å². The summed E-state index contributed by atoms with van der Waals surface area (Å²) in [7, 11) is 3.31. The fourth-order valence-corrected chi connectivity index (χ4v) is 2.15. The van der Waals surface area contributed by atoms with Crippen molar-refractivity contribution in [2.24, 2.45) is 0 Å². The van der Waals surface area contributed by atoms with Crippen LogP contribution >= 0.6 is 11.6 Å². The highest BCUT2D eigenvalue weighted by atomic mass is 35.5. The summed E-state index contributed by atoms with van der Waals surface area (Å²) in [6, 6.07) is 4.49. The van der Waals surface area contributed by atoms with Gasteiger partial charge in [0.1, 0.15) is 0 Å². The van der Waals surface area contributed by atoms with Gasteiger partial charge in [-0.25, -0.2) is 4.79 Å². The van der Waals surface area contributed by atoms with E-state index in [-0.39, 0.29) is 30.8 Å². The molecule has 0 bridgehead atoms. The zero-order valence-corrected chi connectivity index (χ0v) is 14.4.